The van der Waals surface area contributed by atoms with Crippen molar-refractivity contribution < 1.29 is 14.1 Å². The number of aryl methyl sites for hydroxylation is 1. The maximum Gasteiger partial charge on any atom is 0.263 e. The Hall–Kier alpha value is -2.30. The van der Waals surface area contributed by atoms with Gasteiger partial charge < -0.3 is 14.2 Å². The molecule has 0 saturated heterocycles. The van der Waals surface area contributed by atoms with Crippen molar-refractivity contribution in [3.63, 3.8) is 0 Å². The number of nitrogens with zero attached hydrogens (tertiary/aromatic N) is 2. The van der Waals surface area contributed by atoms with Gasteiger partial charge in [0, 0.05) is 13.1 Å². The van der Waals surface area contributed by atoms with Crippen molar-refractivity contribution in [2.75, 3.05) is 7.05 Å². The molecule has 1 heterocycles. The van der Waals surface area contributed by atoms with Gasteiger partial charge in [0.05, 0.1) is 6.54 Å². The van der Waals surface area contributed by atoms with E-state index in [1.54, 1.807) is 18.9 Å². The summed E-state index contributed by atoms with van der Waals surface area (Å²) < 4.78 is 10.6. The SMILES string of the molecule is Cc1cc(CN(C)C(=O)C(C)Oc2ccccc2)no1. The highest BCUT2D eigenvalue weighted by molar-refractivity contribution is 5.80. The molecule has 0 bridgehead atoms. The van der Waals surface area contributed by atoms with Gasteiger partial charge in [-0.3, -0.25) is 4.79 Å². The molecular weight excluding hydrogens is 256 g/mol. The maximum absolute atomic E-state index is 12.2. The van der Waals surface area contributed by atoms with Crippen molar-refractivity contribution >= 4 is 5.91 Å². The highest BCUT2D eigenvalue weighted by Gasteiger charge is 2.20. The fourth-order valence-electron chi connectivity index (χ4n) is 1.88. The first-order valence-electron chi connectivity index (χ1n) is 6.45. The van der Waals surface area contributed by atoms with Crippen LogP contribution in [0.3, 0.4) is 0 Å². The van der Waals surface area contributed by atoms with Crippen LogP contribution >= 0.6 is 0 Å². The van der Waals surface area contributed by atoms with E-state index in [0.717, 1.165) is 11.5 Å². The van der Waals surface area contributed by atoms with Gasteiger partial charge in [-0.25, -0.2) is 0 Å². The third-order valence-corrected chi connectivity index (χ3v) is 2.86. The number of hydrogen-bond donors (Lipinski definition) is 0. The molecule has 0 radical (unpaired) electrons. The van der Waals surface area contributed by atoms with Crippen LogP contribution in [0.4, 0.5) is 0 Å². The quantitative estimate of drug-likeness (QED) is 0.840. The van der Waals surface area contributed by atoms with E-state index in [2.05, 4.69) is 5.16 Å². The van der Waals surface area contributed by atoms with Crippen molar-refractivity contribution in [1.82, 2.24) is 10.1 Å². The number of hydrogen-bond acceptors (Lipinski definition) is 4. The second kappa shape index (κ2) is 6.23. The molecule has 1 atom stereocenters. The molecule has 1 aromatic carbocycles. The number of amides is 1. The van der Waals surface area contributed by atoms with Gasteiger partial charge in [-0.2, -0.15) is 0 Å². The minimum atomic E-state index is -0.546. The van der Waals surface area contributed by atoms with Crippen LogP contribution in [0.1, 0.15) is 18.4 Å². The van der Waals surface area contributed by atoms with E-state index in [4.69, 9.17) is 9.26 Å². The second-order valence-electron chi connectivity index (χ2n) is 4.70. The zero-order valence-corrected chi connectivity index (χ0v) is 11.9. The number of rotatable bonds is 5. The Morgan fingerprint density at radius 2 is 2.10 bits per heavy atom. The van der Waals surface area contributed by atoms with Crippen molar-refractivity contribution in [2.45, 2.75) is 26.5 Å². The molecule has 1 aromatic heterocycles. The Kier molecular flexibility index (Phi) is 4.40. The fourth-order valence-corrected chi connectivity index (χ4v) is 1.88. The van der Waals surface area contributed by atoms with Crippen LogP contribution in [0.5, 0.6) is 5.75 Å². The Morgan fingerprint density at radius 1 is 1.40 bits per heavy atom. The standard InChI is InChI=1S/C15H18N2O3/c1-11-9-13(16-20-11)10-17(3)15(18)12(2)19-14-7-5-4-6-8-14/h4-9,12H,10H2,1-3H3. The Balaban J connectivity index is 1.92. The Labute approximate surface area is 118 Å². The van der Waals surface area contributed by atoms with Gasteiger partial charge in [-0.05, 0) is 26.0 Å². The highest BCUT2D eigenvalue weighted by atomic mass is 16.5. The summed E-state index contributed by atoms with van der Waals surface area (Å²) in [5.74, 6) is 1.31. The summed E-state index contributed by atoms with van der Waals surface area (Å²) in [5, 5.41) is 3.87. The third-order valence-electron chi connectivity index (χ3n) is 2.86. The molecule has 0 aliphatic carbocycles. The molecule has 0 aliphatic rings. The Bertz CT molecular complexity index is 566. The Morgan fingerprint density at radius 3 is 2.70 bits per heavy atom. The van der Waals surface area contributed by atoms with Gasteiger partial charge in [0.25, 0.3) is 5.91 Å². The van der Waals surface area contributed by atoms with Crippen molar-refractivity contribution in [1.29, 1.82) is 0 Å². The van der Waals surface area contributed by atoms with Crippen LogP contribution in [0.2, 0.25) is 0 Å². The lowest BCUT2D eigenvalue weighted by molar-refractivity contribution is -0.137. The largest absolute Gasteiger partial charge is 0.481 e. The number of para-hydroxylation sites is 1. The molecular formula is C15H18N2O3. The number of likely N-dealkylation sites (N-methyl/N-ethyl adjacent to an activating group) is 1. The van der Waals surface area contributed by atoms with Crippen LogP contribution in [-0.2, 0) is 11.3 Å². The molecule has 106 valence electrons. The molecule has 2 rings (SSSR count). The molecule has 1 unspecified atom stereocenters. The van der Waals surface area contributed by atoms with E-state index in [9.17, 15) is 4.79 Å². The third kappa shape index (κ3) is 3.60. The minimum absolute atomic E-state index is 0.102. The summed E-state index contributed by atoms with van der Waals surface area (Å²) in [4.78, 5) is 13.8. The molecule has 0 saturated carbocycles. The van der Waals surface area contributed by atoms with E-state index >= 15 is 0 Å². The van der Waals surface area contributed by atoms with Gasteiger partial charge in [-0.1, -0.05) is 23.4 Å². The van der Waals surface area contributed by atoms with E-state index < -0.39 is 6.10 Å². The molecule has 0 aliphatic heterocycles. The van der Waals surface area contributed by atoms with Crippen LogP contribution < -0.4 is 4.74 Å². The van der Waals surface area contributed by atoms with Crippen molar-refractivity contribution in [3.8, 4) is 5.75 Å². The first kappa shape index (κ1) is 14.1. The summed E-state index contributed by atoms with van der Waals surface area (Å²) in [6, 6.07) is 11.1. The number of benzene rings is 1. The lowest BCUT2D eigenvalue weighted by Crippen LogP contribution is -2.37. The van der Waals surface area contributed by atoms with Gasteiger partial charge in [-0.15, -0.1) is 0 Å². The van der Waals surface area contributed by atoms with E-state index in [1.807, 2.05) is 43.3 Å². The van der Waals surface area contributed by atoms with Crippen molar-refractivity contribution in [3.05, 3.63) is 47.9 Å². The first-order valence-corrected chi connectivity index (χ1v) is 6.45. The average molecular weight is 274 g/mol. The van der Waals surface area contributed by atoms with Crippen molar-refractivity contribution in [2.24, 2.45) is 0 Å². The summed E-state index contributed by atoms with van der Waals surface area (Å²) >= 11 is 0. The topological polar surface area (TPSA) is 55.6 Å². The van der Waals surface area contributed by atoms with Gasteiger partial charge in [0.2, 0.25) is 0 Å². The number of carbonyl (C=O) groups excluding carboxylic acids is 1. The van der Waals surface area contributed by atoms with Gasteiger partial charge in [0.15, 0.2) is 6.10 Å². The minimum Gasteiger partial charge on any atom is -0.481 e. The summed E-state index contributed by atoms with van der Waals surface area (Å²) in [6.07, 6.45) is -0.546. The summed E-state index contributed by atoms with van der Waals surface area (Å²) in [6.45, 7) is 3.96. The summed E-state index contributed by atoms with van der Waals surface area (Å²) in [5.41, 5.74) is 0.727. The molecule has 0 N–H and O–H groups in total. The van der Waals surface area contributed by atoms with Crippen LogP contribution in [-0.4, -0.2) is 29.1 Å². The summed E-state index contributed by atoms with van der Waals surface area (Å²) in [7, 11) is 1.72. The predicted molar refractivity (Wildman–Crippen MR) is 74.2 cm³/mol. The molecule has 0 spiro atoms. The molecule has 20 heavy (non-hydrogen) atoms. The smallest absolute Gasteiger partial charge is 0.263 e. The second-order valence-corrected chi connectivity index (χ2v) is 4.70. The zero-order valence-electron chi connectivity index (χ0n) is 11.9. The van der Waals surface area contributed by atoms with Gasteiger partial charge in [0.1, 0.15) is 17.2 Å². The molecule has 2 aromatic rings. The highest BCUT2D eigenvalue weighted by Crippen LogP contribution is 2.12. The lowest BCUT2D eigenvalue weighted by Gasteiger charge is -2.21. The predicted octanol–water partition coefficient (Wildman–Crippen LogP) is 2.41. The lowest BCUT2D eigenvalue weighted by atomic mass is 10.3. The van der Waals surface area contributed by atoms with Crippen LogP contribution in [0.25, 0.3) is 0 Å². The number of carbonyl (C=O) groups is 1. The molecule has 1 amide bonds. The monoisotopic (exact) mass is 274 g/mol. The van der Waals surface area contributed by atoms with E-state index in [-0.39, 0.29) is 5.91 Å². The average Bonchev–Trinajstić information content (AvgIpc) is 2.84. The molecule has 0 fully saturated rings. The van der Waals surface area contributed by atoms with E-state index in [1.165, 1.54) is 0 Å². The number of aromatic nitrogens is 1. The first-order chi connectivity index (χ1) is 9.56. The maximum atomic E-state index is 12.2. The van der Waals surface area contributed by atoms with E-state index in [0.29, 0.717) is 12.3 Å². The van der Waals surface area contributed by atoms with Crippen LogP contribution in [0.15, 0.2) is 40.9 Å². The van der Waals surface area contributed by atoms with Crippen LogP contribution in [0, 0.1) is 6.92 Å². The van der Waals surface area contributed by atoms with Gasteiger partial charge >= 0.3 is 0 Å². The molecule has 5 nitrogen and oxygen atoms in total. The number of ether oxygens (including phenoxy) is 1. The normalized spacial score (nSPS) is 11.9. The zero-order chi connectivity index (χ0) is 14.5. The fraction of sp³-hybridized carbons (Fsp3) is 0.333. The molecule has 5 heteroatoms.